The molecule has 0 saturated heterocycles. The summed E-state index contributed by atoms with van der Waals surface area (Å²) in [6, 6.07) is 11.7. The molecule has 0 aliphatic heterocycles. The Bertz CT molecular complexity index is 548. The third kappa shape index (κ3) is 4.51. The molecule has 19 heavy (non-hydrogen) atoms. The molecule has 0 N–H and O–H groups in total. The van der Waals surface area contributed by atoms with Crippen molar-refractivity contribution in [1.82, 2.24) is 4.57 Å². The third-order valence-electron chi connectivity index (χ3n) is 2.68. The van der Waals surface area contributed by atoms with E-state index in [2.05, 4.69) is 0 Å². The number of carbonyl (C=O) groups excluding carboxylic acids is 2. The number of hydrogen-bond acceptors (Lipinski definition) is 2. The fourth-order valence-corrected chi connectivity index (χ4v) is 3.43. The van der Waals surface area contributed by atoms with Gasteiger partial charge in [0.05, 0.1) is 0 Å². The van der Waals surface area contributed by atoms with E-state index in [4.69, 9.17) is 0 Å². The minimum atomic E-state index is -0.0775. The molecule has 2 aromatic rings. The van der Waals surface area contributed by atoms with E-state index < -0.39 is 0 Å². The molecule has 0 aliphatic rings. The van der Waals surface area contributed by atoms with E-state index in [9.17, 15) is 9.59 Å². The van der Waals surface area contributed by atoms with Crippen LogP contribution in [0.15, 0.2) is 48.8 Å². The summed E-state index contributed by atoms with van der Waals surface area (Å²) in [7, 11) is 0. The van der Waals surface area contributed by atoms with Crippen molar-refractivity contribution in [2.24, 2.45) is 0 Å². The van der Waals surface area contributed by atoms with Gasteiger partial charge in [-0.25, -0.2) is 0 Å². The molecule has 98 valence electrons. The molecule has 0 unspecified atom stereocenters. The second-order valence-electron chi connectivity index (χ2n) is 4.19. The van der Waals surface area contributed by atoms with Crippen LogP contribution in [0.4, 0.5) is 0 Å². The van der Waals surface area contributed by atoms with Crippen LogP contribution in [0, 0.1) is 0 Å². The molecule has 0 aliphatic carbocycles. The summed E-state index contributed by atoms with van der Waals surface area (Å²) in [5.74, 6) is 0. The summed E-state index contributed by atoms with van der Waals surface area (Å²) in [6.07, 6.45) is 5.93. The summed E-state index contributed by atoms with van der Waals surface area (Å²) in [5.41, 5.74) is 0.680. The van der Waals surface area contributed by atoms with Gasteiger partial charge in [-0.1, -0.05) is 0 Å². The Kier molecular flexibility index (Phi) is 5.13. The molecule has 0 radical (unpaired) electrons. The Morgan fingerprint density at radius 1 is 1.21 bits per heavy atom. The number of aldehydes is 1. The molecule has 0 fully saturated rings. The van der Waals surface area contributed by atoms with E-state index in [1.165, 1.54) is 0 Å². The molecular formula is C15H15NO2Se. The van der Waals surface area contributed by atoms with E-state index in [0.29, 0.717) is 16.7 Å². The average molecular weight is 320 g/mol. The fourth-order valence-electron chi connectivity index (χ4n) is 1.75. The zero-order valence-electron chi connectivity index (χ0n) is 10.5. The Hall–Kier alpha value is -1.64. The summed E-state index contributed by atoms with van der Waals surface area (Å²) in [6.45, 7) is 0.782. The van der Waals surface area contributed by atoms with Crippen LogP contribution in [0.1, 0.15) is 23.2 Å². The van der Waals surface area contributed by atoms with Gasteiger partial charge in [0.15, 0.2) is 0 Å². The van der Waals surface area contributed by atoms with Gasteiger partial charge in [0, 0.05) is 0 Å². The molecule has 4 heteroatoms. The van der Waals surface area contributed by atoms with Crippen LogP contribution in [-0.2, 0) is 11.3 Å². The minimum absolute atomic E-state index is 0.0775. The number of aromatic nitrogens is 1. The predicted octanol–water partition coefficient (Wildman–Crippen LogP) is 1.64. The first kappa shape index (κ1) is 13.8. The zero-order chi connectivity index (χ0) is 13.5. The molecule has 0 atom stereocenters. The van der Waals surface area contributed by atoms with Gasteiger partial charge in [-0.2, -0.15) is 0 Å². The van der Waals surface area contributed by atoms with Crippen molar-refractivity contribution in [3.8, 4) is 0 Å². The van der Waals surface area contributed by atoms with Gasteiger partial charge in [0.25, 0.3) is 0 Å². The third-order valence-corrected chi connectivity index (χ3v) is 4.65. The van der Waals surface area contributed by atoms with E-state index in [-0.39, 0.29) is 15.0 Å². The van der Waals surface area contributed by atoms with Gasteiger partial charge in [-0.05, 0) is 0 Å². The predicted molar refractivity (Wildman–Crippen MR) is 75.9 cm³/mol. The number of nitrogens with zero attached hydrogens (tertiary/aromatic N) is 1. The van der Waals surface area contributed by atoms with E-state index in [0.717, 1.165) is 23.7 Å². The number of carbonyl (C=O) groups is 2. The topological polar surface area (TPSA) is 39.1 Å². The summed E-state index contributed by atoms with van der Waals surface area (Å²) in [4.78, 5) is 22.4. The number of rotatable bonds is 7. The molecule has 1 heterocycles. The van der Waals surface area contributed by atoms with Gasteiger partial charge in [0.2, 0.25) is 0 Å². The van der Waals surface area contributed by atoms with Crippen LogP contribution in [0.2, 0.25) is 0 Å². The maximum absolute atomic E-state index is 11.8. The van der Waals surface area contributed by atoms with Crippen LogP contribution >= 0.6 is 0 Å². The molecule has 2 rings (SSSR count). The quantitative estimate of drug-likeness (QED) is 0.575. The molecule has 3 nitrogen and oxygen atoms in total. The number of benzene rings is 1. The van der Waals surface area contributed by atoms with Crippen LogP contribution in [0.3, 0.4) is 0 Å². The van der Waals surface area contributed by atoms with Crippen LogP contribution < -0.4 is 4.46 Å². The number of aryl methyl sites for hydroxylation is 1. The standard InChI is InChI=1S/C15H15NO2Se/c17-12-13-8-10-16(11-13)9-4-7-15(18)19-14-5-2-1-3-6-14/h1-3,5-6,8,10-12H,4,7,9H2. The molecule has 1 aromatic carbocycles. The van der Waals surface area contributed by atoms with Gasteiger partial charge in [-0.3, -0.25) is 0 Å². The van der Waals surface area contributed by atoms with Crippen molar-refractivity contribution < 1.29 is 9.59 Å². The second-order valence-corrected chi connectivity index (χ2v) is 6.56. The second kappa shape index (κ2) is 7.07. The molecule has 0 saturated carbocycles. The van der Waals surface area contributed by atoms with Crippen molar-refractivity contribution in [2.45, 2.75) is 19.4 Å². The van der Waals surface area contributed by atoms with Crippen molar-refractivity contribution in [3.63, 3.8) is 0 Å². The van der Waals surface area contributed by atoms with Crippen molar-refractivity contribution >= 4 is 30.4 Å². The normalized spacial score (nSPS) is 10.3. The maximum atomic E-state index is 11.8. The molecule has 0 amide bonds. The Morgan fingerprint density at radius 2 is 2.00 bits per heavy atom. The summed E-state index contributed by atoms with van der Waals surface area (Å²) < 4.78 is 3.40. The van der Waals surface area contributed by atoms with Crippen molar-refractivity contribution in [1.29, 1.82) is 0 Å². The molecular weight excluding hydrogens is 305 g/mol. The van der Waals surface area contributed by atoms with Gasteiger partial charge in [-0.15, -0.1) is 0 Å². The first-order valence-electron chi connectivity index (χ1n) is 6.14. The zero-order valence-corrected chi connectivity index (χ0v) is 12.2. The van der Waals surface area contributed by atoms with Crippen molar-refractivity contribution in [2.75, 3.05) is 0 Å². The fraction of sp³-hybridized carbons (Fsp3) is 0.200. The Morgan fingerprint density at radius 3 is 2.68 bits per heavy atom. The summed E-state index contributed by atoms with van der Waals surface area (Å²) in [5, 5.41) is 0. The van der Waals surface area contributed by atoms with Crippen LogP contribution in [0.5, 0.6) is 0 Å². The first-order valence-corrected chi connectivity index (χ1v) is 7.86. The molecule has 0 bridgehead atoms. The SMILES string of the molecule is O=Cc1ccn(CCCC(=O)[Se]c2ccccc2)c1. The monoisotopic (exact) mass is 321 g/mol. The van der Waals surface area contributed by atoms with E-state index >= 15 is 0 Å². The molecule has 1 aromatic heterocycles. The van der Waals surface area contributed by atoms with Gasteiger partial charge in [0.1, 0.15) is 0 Å². The van der Waals surface area contributed by atoms with Crippen LogP contribution in [-0.4, -0.2) is 30.5 Å². The van der Waals surface area contributed by atoms with Gasteiger partial charge >= 0.3 is 118 Å². The first-order chi connectivity index (χ1) is 9.28. The summed E-state index contributed by atoms with van der Waals surface area (Å²) >= 11 is -0.0775. The van der Waals surface area contributed by atoms with Gasteiger partial charge < -0.3 is 0 Å². The van der Waals surface area contributed by atoms with E-state index in [1.54, 1.807) is 12.3 Å². The Balaban J connectivity index is 1.73. The number of hydrogen-bond donors (Lipinski definition) is 0. The van der Waals surface area contributed by atoms with Crippen LogP contribution in [0.25, 0.3) is 0 Å². The molecule has 0 spiro atoms. The van der Waals surface area contributed by atoms with E-state index in [1.807, 2.05) is 41.1 Å². The van der Waals surface area contributed by atoms with Crippen molar-refractivity contribution in [3.05, 3.63) is 54.4 Å². The Labute approximate surface area is 118 Å². The average Bonchev–Trinajstić information content (AvgIpc) is 2.88.